The van der Waals surface area contributed by atoms with Crippen molar-refractivity contribution in [3.05, 3.63) is 28.7 Å². The zero-order chi connectivity index (χ0) is 10.8. The molecule has 0 bridgehead atoms. The molecule has 4 heteroatoms. The van der Waals surface area contributed by atoms with E-state index in [2.05, 4.69) is 22.5 Å². The molecule has 1 aliphatic rings. The first-order valence-corrected chi connectivity index (χ1v) is 5.49. The summed E-state index contributed by atoms with van der Waals surface area (Å²) in [6, 6.07) is 3.84. The molecule has 0 saturated carbocycles. The minimum atomic E-state index is 0.286. The van der Waals surface area contributed by atoms with Gasteiger partial charge in [0.15, 0.2) is 11.5 Å². The summed E-state index contributed by atoms with van der Waals surface area (Å²) in [5.41, 5.74) is 7.53. The van der Waals surface area contributed by atoms with Crippen LogP contribution in [-0.2, 0) is 0 Å². The number of halogens is 1. The third-order valence-electron chi connectivity index (χ3n) is 2.29. The van der Waals surface area contributed by atoms with Gasteiger partial charge in [-0.1, -0.05) is 22.5 Å². The van der Waals surface area contributed by atoms with Crippen LogP contribution in [0.2, 0.25) is 0 Å². The second kappa shape index (κ2) is 4.24. The summed E-state index contributed by atoms with van der Waals surface area (Å²) in [6.07, 6.45) is 0.776. The number of fused-ring (bicyclic) bond motifs is 1. The first-order chi connectivity index (χ1) is 7.22. The van der Waals surface area contributed by atoms with Crippen molar-refractivity contribution in [3.63, 3.8) is 0 Å². The molecule has 0 radical (unpaired) electrons. The summed E-state index contributed by atoms with van der Waals surface area (Å²) >= 11 is 3.48. The molecule has 0 aromatic heterocycles. The van der Waals surface area contributed by atoms with Gasteiger partial charge in [-0.2, -0.15) is 0 Å². The Bertz CT molecular complexity index is 404. The summed E-state index contributed by atoms with van der Waals surface area (Å²) in [6.45, 7) is 4.88. The summed E-state index contributed by atoms with van der Waals surface area (Å²) in [5, 5.41) is 0. The number of ether oxygens (including phenoxy) is 2. The molecule has 1 heterocycles. The molecule has 0 unspecified atom stereocenters. The van der Waals surface area contributed by atoms with Gasteiger partial charge in [-0.15, -0.1) is 0 Å². The summed E-state index contributed by atoms with van der Waals surface area (Å²) in [7, 11) is 0. The fourth-order valence-electron chi connectivity index (χ4n) is 1.50. The highest BCUT2D eigenvalue weighted by molar-refractivity contribution is 9.10. The highest BCUT2D eigenvalue weighted by atomic mass is 79.9. The van der Waals surface area contributed by atoms with Crippen molar-refractivity contribution in [3.8, 4) is 11.5 Å². The number of rotatable bonds is 3. The van der Waals surface area contributed by atoms with Gasteiger partial charge in [-0.25, -0.2) is 0 Å². The van der Waals surface area contributed by atoms with Crippen LogP contribution in [0.5, 0.6) is 11.5 Å². The predicted molar refractivity (Wildman–Crippen MR) is 63.0 cm³/mol. The molecular weight excluding hydrogens is 258 g/mol. The third kappa shape index (κ3) is 2.01. The van der Waals surface area contributed by atoms with Crippen molar-refractivity contribution >= 4 is 21.5 Å². The zero-order valence-corrected chi connectivity index (χ0v) is 9.84. The Hall–Kier alpha value is -1.00. The summed E-state index contributed by atoms with van der Waals surface area (Å²) < 4.78 is 11.5. The average molecular weight is 270 g/mol. The highest BCUT2D eigenvalue weighted by Crippen LogP contribution is 2.39. The van der Waals surface area contributed by atoms with Crippen molar-refractivity contribution in [2.45, 2.75) is 6.42 Å². The standard InChI is InChI=1S/C11H12BrNO2/c1-7(2-3-13)8-4-10-11(5-9(8)12)15-6-14-10/h4-5H,1-3,6,13H2. The summed E-state index contributed by atoms with van der Waals surface area (Å²) in [4.78, 5) is 0. The van der Waals surface area contributed by atoms with Gasteiger partial charge >= 0.3 is 0 Å². The fourth-order valence-corrected chi connectivity index (χ4v) is 2.10. The van der Waals surface area contributed by atoms with Gasteiger partial charge < -0.3 is 15.2 Å². The Balaban J connectivity index is 2.36. The first-order valence-electron chi connectivity index (χ1n) is 4.69. The van der Waals surface area contributed by atoms with Crippen LogP contribution in [-0.4, -0.2) is 13.3 Å². The van der Waals surface area contributed by atoms with Crippen molar-refractivity contribution in [2.24, 2.45) is 5.73 Å². The van der Waals surface area contributed by atoms with Crippen LogP contribution >= 0.6 is 15.9 Å². The molecule has 80 valence electrons. The normalized spacial score (nSPS) is 12.9. The second-order valence-corrected chi connectivity index (χ2v) is 4.18. The summed E-state index contributed by atoms with van der Waals surface area (Å²) in [5.74, 6) is 1.54. The van der Waals surface area contributed by atoms with Crippen molar-refractivity contribution in [1.82, 2.24) is 0 Å². The van der Waals surface area contributed by atoms with E-state index >= 15 is 0 Å². The monoisotopic (exact) mass is 269 g/mol. The molecule has 3 nitrogen and oxygen atoms in total. The van der Waals surface area contributed by atoms with Crippen LogP contribution < -0.4 is 15.2 Å². The van der Waals surface area contributed by atoms with Crippen LogP contribution in [0.15, 0.2) is 23.2 Å². The third-order valence-corrected chi connectivity index (χ3v) is 2.95. The van der Waals surface area contributed by atoms with E-state index in [-0.39, 0.29) is 6.79 Å². The molecule has 0 fully saturated rings. The van der Waals surface area contributed by atoms with E-state index in [1.54, 1.807) is 0 Å². The predicted octanol–water partition coefficient (Wildman–Crippen LogP) is 2.54. The Kier molecular flexibility index (Phi) is 2.98. The van der Waals surface area contributed by atoms with E-state index in [0.717, 1.165) is 33.5 Å². The minimum Gasteiger partial charge on any atom is -0.454 e. The van der Waals surface area contributed by atoms with E-state index in [1.165, 1.54) is 0 Å². The minimum absolute atomic E-state index is 0.286. The van der Waals surface area contributed by atoms with Crippen LogP contribution in [0, 0.1) is 0 Å². The van der Waals surface area contributed by atoms with E-state index in [1.807, 2.05) is 12.1 Å². The molecule has 2 rings (SSSR count). The lowest BCUT2D eigenvalue weighted by atomic mass is 10.0. The number of nitrogens with two attached hydrogens (primary N) is 1. The van der Waals surface area contributed by atoms with Gasteiger partial charge in [0.1, 0.15) is 0 Å². The van der Waals surface area contributed by atoms with Gasteiger partial charge in [-0.05, 0) is 36.2 Å². The number of hydrogen-bond acceptors (Lipinski definition) is 3. The molecule has 0 atom stereocenters. The van der Waals surface area contributed by atoms with Crippen LogP contribution in [0.4, 0.5) is 0 Å². The molecule has 1 aromatic carbocycles. The van der Waals surface area contributed by atoms with Gasteiger partial charge in [0.05, 0.1) is 0 Å². The maximum Gasteiger partial charge on any atom is 0.231 e. The van der Waals surface area contributed by atoms with Crippen molar-refractivity contribution in [1.29, 1.82) is 0 Å². The quantitative estimate of drug-likeness (QED) is 0.917. The lowest BCUT2D eigenvalue weighted by Gasteiger charge is -2.08. The van der Waals surface area contributed by atoms with Gasteiger partial charge in [0.25, 0.3) is 0 Å². The topological polar surface area (TPSA) is 44.5 Å². The van der Waals surface area contributed by atoms with E-state index < -0.39 is 0 Å². The second-order valence-electron chi connectivity index (χ2n) is 3.33. The Morgan fingerprint density at radius 1 is 1.40 bits per heavy atom. The molecule has 1 aromatic rings. The van der Waals surface area contributed by atoms with Crippen LogP contribution in [0.25, 0.3) is 5.57 Å². The first kappa shape index (κ1) is 10.5. The molecule has 0 amide bonds. The Morgan fingerprint density at radius 2 is 2.07 bits per heavy atom. The lowest BCUT2D eigenvalue weighted by Crippen LogP contribution is -1.99. The lowest BCUT2D eigenvalue weighted by molar-refractivity contribution is 0.174. The molecule has 0 spiro atoms. The van der Waals surface area contributed by atoms with E-state index in [0.29, 0.717) is 6.54 Å². The fraction of sp³-hybridized carbons (Fsp3) is 0.273. The maximum atomic E-state index is 5.50. The molecule has 0 saturated heterocycles. The number of benzene rings is 1. The van der Waals surface area contributed by atoms with Crippen LogP contribution in [0.1, 0.15) is 12.0 Å². The molecule has 1 aliphatic heterocycles. The van der Waals surface area contributed by atoms with E-state index in [9.17, 15) is 0 Å². The van der Waals surface area contributed by atoms with Gasteiger partial charge in [-0.3, -0.25) is 0 Å². The van der Waals surface area contributed by atoms with Gasteiger partial charge in [0, 0.05) is 4.47 Å². The van der Waals surface area contributed by atoms with Gasteiger partial charge in [0.2, 0.25) is 6.79 Å². The van der Waals surface area contributed by atoms with Crippen molar-refractivity contribution < 1.29 is 9.47 Å². The SMILES string of the molecule is C=C(CCN)c1cc2c(cc1Br)OCO2. The number of hydrogen-bond donors (Lipinski definition) is 1. The van der Waals surface area contributed by atoms with E-state index in [4.69, 9.17) is 15.2 Å². The maximum absolute atomic E-state index is 5.50. The Morgan fingerprint density at radius 3 is 2.73 bits per heavy atom. The smallest absolute Gasteiger partial charge is 0.231 e. The largest absolute Gasteiger partial charge is 0.454 e. The van der Waals surface area contributed by atoms with Crippen LogP contribution in [0.3, 0.4) is 0 Å². The zero-order valence-electron chi connectivity index (χ0n) is 8.25. The molecule has 2 N–H and O–H groups in total. The Labute approximate surface area is 97.0 Å². The van der Waals surface area contributed by atoms with Crippen molar-refractivity contribution in [2.75, 3.05) is 13.3 Å². The molecule has 0 aliphatic carbocycles. The molecular formula is C11H12BrNO2. The average Bonchev–Trinajstić information content (AvgIpc) is 2.63. The highest BCUT2D eigenvalue weighted by Gasteiger charge is 2.17. The molecule has 15 heavy (non-hydrogen) atoms.